The number of hydrogen-bond donors (Lipinski definition) is 1. The minimum atomic E-state index is -1.01. The quantitative estimate of drug-likeness (QED) is 0.635. The molecule has 1 aliphatic rings. The van der Waals surface area contributed by atoms with Crippen molar-refractivity contribution >= 4 is 52.6 Å². The number of carbonyl (C=O) groups is 4. The predicted molar refractivity (Wildman–Crippen MR) is 88.8 cm³/mol. The molecule has 9 heteroatoms. The van der Waals surface area contributed by atoms with E-state index in [1.54, 1.807) is 0 Å². The Labute approximate surface area is 148 Å². The third-order valence-corrected chi connectivity index (χ3v) is 3.93. The van der Waals surface area contributed by atoms with Gasteiger partial charge in [-0.3, -0.25) is 19.3 Å². The molecular weight excluding hydrogens is 357 g/mol. The Morgan fingerprint density at radius 1 is 1.08 bits per heavy atom. The summed E-state index contributed by atoms with van der Waals surface area (Å²) >= 11 is 11.6. The van der Waals surface area contributed by atoms with Crippen LogP contribution in [-0.2, 0) is 14.4 Å². The van der Waals surface area contributed by atoms with Crippen LogP contribution in [0.25, 0.3) is 0 Å². The number of urea groups is 1. The summed E-state index contributed by atoms with van der Waals surface area (Å²) in [6.07, 6.45) is 0. The van der Waals surface area contributed by atoms with Crippen molar-refractivity contribution in [2.75, 3.05) is 18.4 Å². The fourth-order valence-electron chi connectivity index (χ4n) is 2.13. The van der Waals surface area contributed by atoms with Crippen molar-refractivity contribution in [3.63, 3.8) is 0 Å². The van der Waals surface area contributed by atoms with Crippen LogP contribution in [0, 0.1) is 5.92 Å². The van der Waals surface area contributed by atoms with E-state index in [0.29, 0.717) is 15.6 Å². The van der Waals surface area contributed by atoms with Crippen LogP contribution in [-0.4, -0.2) is 46.6 Å². The van der Waals surface area contributed by atoms with Gasteiger partial charge in [0.25, 0.3) is 0 Å². The Kier molecular flexibility index (Phi) is 5.46. The highest BCUT2D eigenvalue weighted by atomic mass is 35.5. The van der Waals surface area contributed by atoms with Gasteiger partial charge < -0.3 is 5.32 Å². The number of amides is 5. The van der Waals surface area contributed by atoms with Crippen molar-refractivity contribution in [3.8, 4) is 0 Å². The predicted octanol–water partition coefficient (Wildman–Crippen LogP) is 2.38. The first-order valence-corrected chi connectivity index (χ1v) is 7.88. The highest BCUT2D eigenvalue weighted by molar-refractivity contribution is 6.45. The molecule has 0 unspecified atom stereocenters. The maximum atomic E-state index is 12.1. The van der Waals surface area contributed by atoms with Crippen LogP contribution in [0.1, 0.15) is 13.8 Å². The van der Waals surface area contributed by atoms with Gasteiger partial charge in [-0.1, -0.05) is 37.0 Å². The summed E-state index contributed by atoms with van der Waals surface area (Å²) in [6.45, 7) is 3.18. The van der Waals surface area contributed by atoms with Gasteiger partial charge in [-0.15, -0.1) is 0 Å². The fraction of sp³-hybridized carbons (Fsp3) is 0.333. The average molecular weight is 372 g/mol. The largest absolute Gasteiger partial charge is 0.334 e. The Hall–Kier alpha value is -2.12. The number of rotatable bonds is 5. The van der Waals surface area contributed by atoms with E-state index in [4.69, 9.17) is 23.2 Å². The molecule has 1 heterocycles. The topological polar surface area (TPSA) is 86.8 Å². The zero-order valence-corrected chi connectivity index (χ0v) is 14.5. The average Bonchev–Trinajstić information content (AvgIpc) is 2.68. The van der Waals surface area contributed by atoms with Gasteiger partial charge in [-0.25, -0.2) is 9.69 Å². The second-order valence-corrected chi connectivity index (χ2v) is 6.47. The Balaban J connectivity index is 2.05. The van der Waals surface area contributed by atoms with E-state index in [9.17, 15) is 19.2 Å². The number of nitrogens with zero attached hydrogens (tertiary/aromatic N) is 2. The van der Waals surface area contributed by atoms with Gasteiger partial charge in [0.15, 0.2) is 0 Å². The number of imide groups is 2. The Bertz CT molecular complexity index is 721. The molecule has 128 valence electrons. The minimum absolute atomic E-state index is 0.00989. The molecule has 1 aliphatic heterocycles. The monoisotopic (exact) mass is 371 g/mol. The van der Waals surface area contributed by atoms with E-state index in [0.717, 1.165) is 4.90 Å². The number of anilines is 1. The zero-order chi connectivity index (χ0) is 18.0. The molecule has 1 N–H and O–H groups in total. The third-order valence-electron chi connectivity index (χ3n) is 3.19. The van der Waals surface area contributed by atoms with Crippen LogP contribution in [0.3, 0.4) is 0 Å². The van der Waals surface area contributed by atoms with Gasteiger partial charge in [0.1, 0.15) is 6.54 Å². The smallest absolute Gasteiger partial charge is 0.324 e. The number of benzene rings is 1. The van der Waals surface area contributed by atoms with Crippen LogP contribution in [0.2, 0.25) is 10.0 Å². The van der Waals surface area contributed by atoms with Crippen LogP contribution in [0.15, 0.2) is 18.2 Å². The molecule has 1 saturated heterocycles. The molecule has 1 fully saturated rings. The highest BCUT2D eigenvalue weighted by Crippen LogP contribution is 2.25. The van der Waals surface area contributed by atoms with Crippen LogP contribution < -0.4 is 5.32 Å². The second-order valence-electron chi connectivity index (χ2n) is 5.66. The van der Waals surface area contributed by atoms with Gasteiger partial charge in [-0.05, 0) is 24.1 Å². The van der Waals surface area contributed by atoms with Crippen LogP contribution in [0.5, 0.6) is 0 Å². The molecule has 2 rings (SSSR count). The van der Waals surface area contributed by atoms with Crippen molar-refractivity contribution in [1.29, 1.82) is 0 Å². The summed E-state index contributed by atoms with van der Waals surface area (Å²) in [4.78, 5) is 49.4. The van der Waals surface area contributed by atoms with Crippen LogP contribution >= 0.6 is 23.2 Å². The summed E-state index contributed by atoms with van der Waals surface area (Å²) in [5, 5.41) is 3.07. The summed E-state index contributed by atoms with van der Waals surface area (Å²) < 4.78 is 0. The Morgan fingerprint density at radius 2 is 1.71 bits per heavy atom. The molecule has 0 radical (unpaired) electrons. The van der Waals surface area contributed by atoms with Gasteiger partial charge >= 0.3 is 17.8 Å². The molecule has 7 nitrogen and oxygen atoms in total. The number of hydrogen-bond acceptors (Lipinski definition) is 4. The third kappa shape index (κ3) is 3.85. The summed E-state index contributed by atoms with van der Waals surface area (Å²) in [7, 11) is 0. The van der Waals surface area contributed by atoms with E-state index in [-0.39, 0.29) is 17.5 Å². The Morgan fingerprint density at radius 3 is 2.29 bits per heavy atom. The molecule has 5 amide bonds. The van der Waals surface area contributed by atoms with Gasteiger partial charge in [0.2, 0.25) is 5.91 Å². The van der Waals surface area contributed by atoms with E-state index in [2.05, 4.69) is 5.32 Å². The summed E-state index contributed by atoms with van der Waals surface area (Å²) in [6, 6.07) is 3.67. The van der Waals surface area contributed by atoms with Crippen molar-refractivity contribution in [2.24, 2.45) is 5.92 Å². The second kappa shape index (κ2) is 7.19. The SMILES string of the molecule is CC(C)CN1C(=O)C(=O)N(CC(=O)Nc2ccc(Cl)c(Cl)c2)C1=O. The molecule has 1 aromatic carbocycles. The first-order valence-electron chi connectivity index (χ1n) is 7.13. The summed E-state index contributed by atoms with van der Waals surface area (Å²) in [5.41, 5.74) is 0.360. The van der Waals surface area contributed by atoms with Crippen LogP contribution in [0.4, 0.5) is 10.5 Å². The molecule has 0 aromatic heterocycles. The van der Waals surface area contributed by atoms with Crippen molar-refractivity contribution in [1.82, 2.24) is 9.80 Å². The maximum Gasteiger partial charge on any atom is 0.334 e. The zero-order valence-electron chi connectivity index (χ0n) is 13.0. The van der Waals surface area contributed by atoms with E-state index in [1.807, 2.05) is 13.8 Å². The van der Waals surface area contributed by atoms with Gasteiger partial charge in [0.05, 0.1) is 10.0 Å². The van der Waals surface area contributed by atoms with E-state index < -0.39 is 30.3 Å². The lowest BCUT2D eigenvalue weighted by molar-refractivity contribution is -0.143. The maximum absolute atomic E-state index is 12.1. The molecule has 0 bridgehead atoms. The van der Waals surface area contributed by atoms with E-state index >= 15 is 0 Å². The molecule has 24 heavy (non-hydrogen) atoms. The van der Waals surface area contributed by atoms with E-state index in [1.165, 1.54) is 18.2 Å². The lowest BCUT2D eigenvalue weighted by Crippen LogP contribution is -2.39. The standard InChI is InChI=1S/C15H15Cl2N3O4/c1-8(2)6-19-13(22)14(23)20(15(19)24)7-12(21)18-9-3-4-10(16)11(17)5-9/h3-5,8H,6-7H2,1-2H3,(H,18,21). The molecular formula is C15H15Cl2N3O4. The van der Waals surface area contributed by atoms with Crippen molar-refractivity contribution < 1.29 is 19.2 Å². The lowest BCUT2D eigenvalue weighted by atomic mass is 10.2. The minimum Gasteiger partial charge on any atom is -0.324 e. The molecule has 0 aliphatic carbocycles. The highest BCUT2D eigenvalue weighted by Gasteiger charge is 2.45. The molecule has 1 aromatic rings. The first-order chi connectivity index (χ1) is 11.2. The van der Waals surface area contributed by atoms with Gasteiger partial charge in [0, 0.05) is 12.2 Å². The number of halogens is 2. The van der Waals surface area contributed by atoms with Crippen molar-refractivity contribution in [2.45, 2.75) is 13.8 Å². The molecule has 0 atom stereocenters. The molecule has 0 saturated carbocycles. The first kappa shape index (κ1) is 18.2. The fourth-order valence-corrected chi connectivity index (χ4v) is 2.43. The molecule has 0 spiro atoms. The summed E-state index contributed by atoms with van der Waals surface area (Å²) in [5.74, 6) is -2.55. The number of nitrogens with one attached hydrogen (secondary N) is 1. The number of carbonyl (C=O) groups excluding carboxylic acids is 4. The van der Waals surface area contributed by atoms with Crippen molar-refractivity contribution in [3.05, 3.63) is 28.2 Å². The lowest BCUT2D eigenvalue weighted by Gasteiger charge is -2.16. The normalized spacial score (nSPS) is 14.8. The van der Waals surface area contributed by atoms with Gasteiger partial charge in [-0.2, -0.15) is 0 Å².